The Balaban J connectivity index is 1.84. The Morgan fingerprint density at radius 2 is 2.20 bits per heavy atom. The number of aromatic nitrogens is 2. The van der Waals surface area contributed by atoms with Gasteiger partial charge in [-0.3, -0.25) is 4.79 Å². The minimum Gasteiger partial charge on any atom is -0.477 e. The van der Waals surface area contributed by atoms with E-state index in [2.05, 4.69) is 9.97 Å². The summed E-state index contributed by atoms with van der Waals surface area (Å²) in [7, 11) is 0. The molecule has 1 aliphatic rings. The number of nitrogens with zero attached hydrogens (tertiary/aromatic N) is 1. The molecule has 0 atom stereocenters. The van der Waals surface area contributed by atoms with Crippen LogP contribution in [0.5, 0.6) is 5.88 Å². The van der Waals surface area contributed by atoms with Crippen molar-refractivity contribution in [2.45, 2.75) is 32.1 Å². The van der Waals surface area contributed by atoms with Gasteiger partial charge in [0, 0.05) is 0 Å². The Bertz CT molecular complexity index is 356. The highest BCUT2D eigenvalue weighted by Gasteiger charge is 2.14. The summed E-state index contributed by atoms with van der Waals surface area (Å²) < 4.78 is 5.50. The van der Waals surface area contributed by atoms with Gasteiger partial charge in [-0.25, -0.2) is 4.98 Å². The number of hydrogen-bond donors (Lipinski definition) is 1. The first-order valence-corrected chi connectivity index (χ1v) is 5.52. The van der Waals surface area contributed by atoms with E-state index < -0.39 is 0 Å². The van der Waals surface area contributed by atoms with Crippen LogP contribution in [-0.2, 0) is 0 Å². The molecule has 1 saturated carbocycles. The Kier molecular flexibility index (Phi) is 3.37. The molecule has 1 heterocycles. The minimum atomic E-state index is -0.163. The van der Waals surface area contributed by atoms with Crippen LogP contribution in [0.1, 0.15) is 32.1 Å². The monoisotopic (exact) mass is 208 g/mol. The first-order valence-electron chi connectivity index (χ1n) is 5.52. The van der Waals surface area contributed by atoms with Crippen molar-refractivity contribution < 1.29 is 4.74 Å². The molecule has 0 bridgehead atoms. The number of hydrogen-bond acceptors (Lipinski definition) is 3. The molecule has 4 nitrogen and oxygen atoms in total. The smallest absolute Gasteiger partial charge is 0.254 e. The van der Waals surface area contributed by atoms with Crippen LogP contribution in [0.25, 0.3) is 0 Å². The molecule has 82 valence electrons. The fourth-order valence-corrected chi connectivity index (χ4v) is 1.99. The lowest BCUT2D eigenvalue weighted by Crippen LogP contribution is -2.16. The number of H-pyrrole nitrogens is 1. The van der Waals surface area contributed by atoms with E-state index in [4.69, 9.17) is 4.74 Å². The molecule has 1 aromatic rings. The van der Waals surface area contributed by atoms with Crippen molar-refractivity contribution in [1.82, 2.24) is 9.97 Å². The zero-order valence-electron chi connectivity index (χ0n) is 8.74. The number of rotatable bonds is 3. The average Bonchev–Trinajstić information content (AvgIpc) is 2.28. The predicted molar refractivity (Wildman–Crippen MR) is 56.9 cm³/mol. The third kappa shape index (κ3) is 3.08. The van der Waals surface area contributed by atoms with E-state index >= 15 is 0 Å². The van der Waals surface area contributed by atoms with E-state index in [-0.39, 0.29) is 5.56 Å². The van der Waals surface area contributed by atoms with Gasteiger partial charge in [-0.1, -0.05) is 19.3 Å². The fraction of sp³-hybridized carbons (Fsp3) is 0.636. The Labute approximate surface area is 88.7 Å². The zero-order valence-corrected chi connectivity index (χ0v) is 8.74. The molecule has 2 rings (SSSR count). The normalized spacial score (nSPS) is 17.6. The first-order chi connectivity index (χ1) is 7.34. The third-order valence-corrected chi connectivity index (χ3v) is 2.84. The lowest BCUT2D eigenvalue weighted by atomic mass is 9.90. The minimum absolute atomic E-state index is 0.163. The van der Waals surface area contributed by atoms with Crippen LogP contribution < -0.4 is 10.3 Å². The molecule has 0 aromatic carbocycles. The second kappa shape index (κ2) is 4.96. The molecule has 0 saturated heterocycles. The van der Waals surface area contributed by atoms with Crippen LogP contribution in [0, 0.1) is 5.92 Å². The first kappa shape index (κ1) is 10.2. The third-order valence-electron chi connectivity index (χ3n) is 2.84. The van der Waals surface area contributed by atoms with E-state index in [9.17, 15) is 4.79 Å². The van der Waals surface area contributed by atoms with Crippen LogP contribution in [0.3, 0.4) is 0 Å². The topological polar surface area (TPSA) is 55.0 Å². The lowest BCUT2D eigenvalue weighted by Gasteiger charge is -2.21. The van der Waals surface area contributed by atoms with Crippen molar-refractivity contribution in [2.75, 3.05) is 6.61 Å². The average molecular weight is 208 g/mol. The Morgan fingerprint density at radius 3 is 2.93 bits per heavy atom. The summed E-state index contributed by atoms with van der Waals surface area (Å²) in [6, 6.07) is 1.39. The maximum absolute atomic E-state index is 11.0. The molecular weight excluding hydrogens is 192 g/mol. The van der Waals surface area contributed by atoms with Crippen molar-refractivity contribution >= 4 is 0 Å². The van der Waals surface area contributed by atoms with E-state index in [1.165, 1.54) is 44.5 Å². The van der Waals surface area contributed by atoms with Crippen molar-refractivity contribution in [1.29, 1.82) is 0 Å². The Hall–Kier alpha value is -1.32. The van der Waals surface area contributed by atoms with Crippen LogP contribution >= 0.6 is 0 Å². The van der Waals surface area contributed by atoms with Crippen LogP contribution in [-0.4, -0.2) is 16.6 Å². The van der Waals surface area contributed by atoms with Gasteiger partial charge in [-0.15, -0.1) is 0 Å². The van der Waals surface area contributed by atoms with Crippen LogP contribution in [0.4, 0.5) is 0 Å². The fourth-order valence-electron chi connectivity index (χ4n) is 1.99. The van der Waals surface area contributed by atoms with Crippen LogP contribution in [0.15, 0.2) is 17.2 Å². The number of ether oxygens (including phenoxy) is 1. The van der Waals surface area contributed by atoms with Gasteiger partial charge < -0.3 is 9.72 Å². The molecule has 1 N–H and O–H groups in total. The lowest BCUT2D eigenvalue weighted by molar-refractivity contribution is 0.202. The standard InChI is InChI=1S/C11H16N2O2/c14-10-6-11(13-8-12-10)15-7-9-4-2-1-3-5-9/h6,8-9H,1-5,7H2,(H,12,13,14). The van der Waals surface area contributed by atoms with Gasteiger partial charge in [0.15, 0.2) is 0 Å². The second-order valence-corrected chi connectivity index (χ2v) is 4.06. The molecule has 15 heavy (non-hydrogen) atoms. The molecule has 1 aliphatic carbocycles. The highest BCUT2D eigenvalue weighted by atomic mass is 16.5. The highest BCUT2D eigenvalue weighted by Crippen LogP contribution is 2.23. The van der Waals surface area contributed by atoms with Gasteiger partial charge in [0.1, 0.15) is 0 Å². The van der Waals surface area contributed by atoms with E-state index in [1.807, 2.05) is 0 Å². The number of aromatic amines is 1. The van der Waals surface area contributed by atoms with Crippen molar-refractivity contribution in [3.63, 3.8) is 0 Å². The summed E-state index contributed by atoms with van der Waals surface area (Å²) in [5, 5.41) is 0. The van der Waals surface area contributed by atoms with Gasteiger partial charge in [-0.05, 0) is 18.8 Å². The maximum Gasteiger partial charge on any atom is 0.254 e. The van der Waals surface area contributed by atoms with Crippen molar-refractivity contribution in [3.05, 3.63) is 22.7 Å². The van der Waals surface area contributed by atoms with Gasteiger partial charge in [0.2, 0.25) is 5.88 Å². The molecule has 0 spiro atoms. The summed E-state index contributed by atoms with van der Waals surface area (Å²) in [4.78, 5) is 17.4. The molecule has 0 unspecified atom stereocenters. The summed E-state index contributed by atoms with van der Waals surface area (Å²) in [5.74, 6) is 1.07. The van der Waals surface area contributed by atoms with Crippen LogP contribution in [0.2, 0.25) is 0 Å². The molecular formula is C11H16N2O2. The van der Waals surface area contributed by atoms with Gasteiger partial charge in [0.25, 0.3) is 5.56 Å². The highest BCUT2D eigenvalue weighted by molar-refractivity contribution is 5.04. The Morgan fingerprint density at radius 1 is 1.40 bits per heavy atom. The van der Waals surface area contributed by atoms with Crippen molar-refractivity contribution in [3.8, 4) is 5.88 Å². The molecule has 0 amide bonds. The molecule has 1 fully saturated rings. The quantitative estimate of drug-likeness (QED) is 0.823. The predicted octanol–water partition coefficient (Wildman–Crippen LogP) is 1.73. The molecule has 4 heteroatoms. The van der Waals surface area contributed by atoms with E-state index in [0.29, 0.717) is 18.4 Å². The van der Waals surface area contributed by atoms with Gasteiger partial charge in [-0.2, -0.15) is 0 Å². The second-order valence-electron chi connectivity index (χ2n) is 4.06. The van der Waals surface area contributed by atoms with E-state index in [1.54, 1.807) is 0 Å². The molecule has 1 aromatic heterocycles. The zero-order chi connectivity index (χ0) is 10.5. The molecule has 0 radical (unpaired) electrons. The maximum atomic E-state index is 11.0. The van der Waals surface area contributed by atoms with E-state index in [0.717, 1.165) is 0 Å². The summed E-state index contributed by atoms with van der Waals surface area (Å²) in [6.07, 6.45) is 7.80. The van der Waals surface area contributed by atoms with Gasteiger partial charge in [0.05, 0.1) is 19.0 Å². The SMILES string of the molecule is O=c1cc(OCC2CCCCC2)nc[nH]1. The number of nitrogens with one attached hydrogen (secondary N) is 1. The van der Waals surface area contributed by atoms with Gasteiger partial charge >= 0.3 is 0 Å². The summed E-state index contributed by atoms with van der Waals surface area (Å²) in [5.41, 5.74) is -0.163. The largest absolute Gasteiger partial charge is 0.477 e. The summed E-state index contributed by atoms with van der Waals surface area (Å²) in [6.45, 7) is 0.691. The summed E-state index contributed by atoms with van der Waals surface area (Å²) >= 11 is 0. The van der Waals surface area contributed by atoms with Crippen molar-refractivity contribution in [2.24, 2.45) is 5.92 Å². The molecule has 0 aliphatic heterocycles.